The largest absolute Gasteiger partial charge is 0.310 e. The predicted molar refractivity (Wildman–Crippen MR) is 78.9 cm³/mol. The van der Waals surface area contributed by atoms with Gasteiger partial charge in [-0.3, -0.25) is 0 Å². The summed E-state index contributed by atoms with van der Waals surface area (Å²) < 4.78 is 26.7. The Morgan fingerprint density at radius 1 is 1.05 bits per heavy atom. The molecule has 2 aromatic carbocycles. The Kier molecular flexibility index (Phi) is 4.73. The van der Waals surface area contributed by atoms with E-state index in [1.54, 1.807) is 12.1 Å². The van der Waals surface area contributed by atoms with Gasteiger partial charge in [-0.1, -0.05) is 24.6 Å². The van der Waals surface area contributed by atoms with Crippen LogP contribution >= 0.6 is 11.6 Å². The lowest BCUT2D eigenvalue weighted by molar-refractivity contribution is 0.593. The van der Waals surface area contributed by atoms with Gasteiger partial charge in [-0.15, -0.1) is 0 Å². The molecule has 0 aliphatic carbocycles. The fourth-order valence-corrected chi connectivity index (χ4v) is 2.53. The van der Waals surface area contributed by atoms with Gasteiger partial charge in [0, 0.05) is 11.6 Å². The lowest BCUT2D eigenvalue weighted by Gasteiger charge is -2.18. The molecule has 0 amide bonds. The molecule has 0 saturated heterocycles. The van der Waals surface area contributed by atoms with E-state index in [9.17, 15) is 8.78 Å². The van der Waals surface area contributed by atoms with Crippen molar-refractivity contribution in [2.45, 2.75) is 19.9 Å². The first-order valence-corrected chi connectivity index (χ1v) is 6.89. The zero-order chi connectivity index (χ0) is 14.7. The van der Waals surface area contributed by atoms with Gasteiger partial charge >= 0.3 is 0 Å². The minimum Gasteiger partial charge on any atom is -0.310 e. The van der Waals surface area contributed by atoms with Crippen LogP contribution in [0.2, 0.25) is 5.02 Å². The molecule has 0 bridgehead atoms. The predicted octanol–water partition coefficient (Wildman–Crippen LogP) is 4.96. The van der Waals surface area contributed by atoms with E-state index < -0.39 is 5.82 Å². The molecule has 0 aliphatic heterocycles. The van der Waals surface area contributed by atoms with Crippen LogP contribution in [-0.2, 0) is 0 Å². The average molecular weight is 296 g/mol. The van der Waals surface area contributed by atoms with E-state index >= 15 is 0 Å². The summed E-state index contributed by atoms with van der Waals surface area (Å²) in [5.74, 6) is -0.746. The van der Waals surface area contributed by atoms with Crippen molar-refractivity contribution in [3.05, 3.63) is 58.6 Å². The van der Waals surface area contributed by atoms with Gasteiger partial charge in [0.2, 0.25) is 0 Å². The normalized spacial score (nSPS) is 12.4. The second-order valence-electron chi connectivity index (χ2n) is 4.64. The van der Waals surface area contributed by atoms with Crippen molar-refractivity contribution in [1.82, 2.24) is 5.32 Å². The van der Waals surface area contributed by atoms with Crippen LogP contribution in [0.15, 0.2) is 36.4 Å². The van der Waals surface area contributed by atoms with Crippen LogP contribution in [0.5, 0.6) is 0 Å². The topological polar surface area (TPSA) is 12.0 Å². The molecule has 2 aromatic rings. The maximum atomic E-state index is 13.6. The summed E-state index contributed by atoms with van der Waals surface area (Å²) in [6.07, 6.45) is 0. The third-order valence-electron chi connectivity index (χ3n) is 3.21. The van der Waals surface area contributed by atoms with Gasteiger partial charge in [-0.25, -0.2) is 8.78 Å². The van der Waals surface area contributed by atoms with E-state index in [-0.39, 0.29) is 16.9 Å². The minimum atomic E-state index is -0.406. The molecule has 0 aliphatic rings. The highest BCUT2D eigenvalue weighted by Gasteiger charge is 2.14. The summed E-state index contributed by atoms with van der Waals surface area (Å²) in [4.78, 5) is 0. The molecule has 106 valence electrons. The zero-order valence-corrected chi connectivity index (χ0v) is 12.1. The van der Waals surface area contributed by atoms with Gasteiger partial charge in [0.25, 0.3) is 0 Å². The summed E-state index contributed by atoms with van der Waals surface area (Å²) in [6.45, 7) is 4.80. The molecule has 4 heteroatoms. The monoisotopic (exact) mass is 295 g/mol. The highest BCUT2D eigenvalue weighted by Crippen LogP contribution is 2.34. The Hall–Kier alpha value is -1.45. The Balaban J connectivity index is 2.56. The van der Waals surface area contributed by atoms with Gasteiger partial charge in [-0.2, -0.15) is 0 Å². The van der Waals surface area contributed by atoms with Crippen LogP contribution in [0, 0.1) is 11.6 Å². The Morgan fingerprint density at radius 3 is 2.35 bits per heavy atom. The van der Waals surface area contributed by atoms with Crippen LogP contribution in [-0.4, -0.2) is 6.54 Å². The van der Waals surface area contributed by atoms with Crippen LogP contribution in [0.3, 0.4) is 0 Å². The molecule has 0 fully saturated rings. The van der Waals surface area contributed by atoms with E-state index in [0.29, 0.717) is 11.1 Å². The van der Waals surface area contributed by atoms with Gasteiger partial charge in [-0.05, 0) is 54.9 Å². The molecule has 1 atom stereocenters. The Bertz CT molecular complexity index is 613. The number of hydrogen-bond donors (Lipinski definition) is 1. The van der Waals surface area contributed by atoms with E-state index in [0.717, 1.165) is 12.1 Å². The van der Waals surface area contributed by atoms with Crippen molar-refractivity contribution in [2.24, 2.45) is 0 Å². The van der Waals surface area contributed by atoms with Gasteiger partial charge < -0.3 is 5.32 Å². The van der Waals surface area contributed by atoms with Gasteiger partial charge in [0.1, 0.15) is 11.6 Å². The standard InChI is InChI=1S/C16H16ClF2N/c1-3-20-10(2)13-6-4-11(18)8-15(13)14-7-5-12(19)9-16(14)17/h4-10,20H,3H2,1-2H3. The number of nitrogens with one attached hydrogen (secondary N) is 1. The second kappa shape index (κ2) is 6.33. The first kappa shape index (κ1) is 14.9. The molecule has 0 saturated carbocycles. The van der Waals surface area contributed by atoms with Crippen molar-refractivity contribution < 1.29 is 8.78 Å². The van der Waals surface area contributed by atoms with Gasteiger partial charge in [0.15, 0.2) is 0 Å². The first-order valence-electron chi connectivity index (χ1n) is 6.51. The van der Waals surface area contributed by atoms with Crippen molar-refractivity contribution in [3.63, 3.8) is 0 Å². The summed E-state index contributed by atoms with van der Waals surface area (Å²) >= 11 is 6.09. The van der Waals surface area contributed by atoms with E-state index in [1.165, 1.54) is 24.3 Å². The van der Waals surface area contributed by atoms with Crippen LogP contribution in [0.1, 0.15) is 25.5 Å². The average Bonchev–Trinajstić information content (AvgIpc) is 2.38. The third kappa shape index (κ3) is 3.17. The minimum absolute atomic E-state index is 0.0525. The third-order valence-corrected chi connectivity index (χ3v) is 3.53. The smallest absolute Gasteiger partial charge is 0.124 e. The lowest BCUT2D eigenvalue weighted by atomic mass is 9.95. The molecule has 1 unspecified atom stereocenters. The molecule has 0 radical (unpaired) electrons. The molecule has 1 N–H and O–H groups in total. The Labute approximate surface area is 122 Å². The van der Waals surface area contributed by atoms with E-state index in [4.69, 9.17) is 11.6 Å². The van der Waals surface area contributed by atoms with Crippen LogP contribution in [0.25, 0.3) is 11.1 Å². The summed E-state index contributed by atoms with van der Waals surface area (Å²) in [7, 11) is 0. The fourth-order valence-electron chi connectivity index (χ4n) is 2.26. The highest BCUT2D eigenvalue weighted by atomic mass is 35.5. The fraction of sp³-hybridized carbons (Fsp3) is 0.250. The number of halogens is 3. The Morgan fingerprint density at radius 2 is 1.70 bits per heavy atom. The quantitative estimate of drug-likeness (QED) is 0.841. The van der Waals surface area contributed by atoms with Crippen molar-refractivity contribution in [1.29, 1.82) is 0 Å². The van der Waals surface area contributed by atoms with E-state index in [1.807, 2.05) is 13.8 Å². The maximum Gasteiger partial charge on any atom is 0.124 e. The molecule has 2 rings (SSSR count). The molecule has 1 nitrogen and oxygen atoms in total. The van der Waals surface area contributed by atoms with Crippen LogP contribution < -0.4 is 5.32 Å². The van der Waals surface area contributed by atoms with Crippen LogP contribution in [0.4, 0.5) is 8.78 Å². The molecule has 0 heterocycles. The van der Waals surface area contributed by atoms with Crippen molar-refractivity contribution in [2.75, 3.05) is 6.54 Å². The molecular weight excluding hydrogens is 280 g/mol. The zero-order valence-electron chi connectivity index (χ0n) is 11.4. The summed E-state index contributed by atoms with van der Waals surface area (Å²) in [6, 6.07) is 8.78. The van der Waals surface area contributed by atoms with E-state index in [2.05, 4.69) is 5.32 Å². The molecule has 20 heavy (non-hydrogen) atoms. The molecule has 0 aromatic heterocycles. The summed E-state index contributed by atoms with van der Waals surface area (Å²) in [5.41, 5.74) is 2.25. The first-order chi connectivity index (χ1) is 9.52. The molecule has 0 spiro atoms. The lowest BCUT2D eigenvalue weighted by Crippen LogP contribution is -2.18. The number of benzene rings is 2. The van der Waals surface area contributed by atoms with Gasteiger partial charge in [0.05, 0.1) is 5.02 Å². The summed E-state index contributed by atoms with van der Waals surface area (Å²) in [5, 5.41) is 3.56. The maximum absolute atomic E-state index is 13.6. The molecular formula is C16H16ClF2N. The SMILES string of the molecule is CCNC(C)c1ccc(F)cc1-c1ccc(F)cc1Cl. The number of rotatable bonds is 4. The van der Waals surface area contributed by atoms with Crippen molar-refractivity contribution in [3.8, 4) is 11.1 Å². The number of hydrogen-bond acceptors (Lipinski definition) is 1. The highest BCUT2D eigenvalue weighted by molar-refractivity contribution is 6.33. The second-order valence-corrected chi connectivity index (χ2v) is 5.04. The van der Waals surface area contributed by atoms with Crippen molar-refractivity contribution >= 4 is 11.6 Å².